The lowest BCUT2D eigenvalue weighted by Crippen LogP contribution is -2.17. The molecule has 1 unspecified atom stereocenters. The molecule has 0 saturated heterocycles. The number of halogens is 3. The molecule has 0 spiro atoms. The molecule has 0 saturated carbocycles. The van der Waals surface area contributed by atoms with Crippen LogP contribution in [0.25, 0.3) is 0 Å². The lowest BCUT2D eigenvalue weighted by Gasteiger charge is -2.16. The van der Waals surface area contributed by atoms with E-state index in [0.29, 0.717) is 12.3 Å². The standard InChI is InChI=1S/C13H18F3N3O2/c1-3-4-5-6-9(2)18-10-7-12(13(14,15)16)17-8-11(10)19(20)21/h7-9H,3-6H2,1-2H3,(H,17,18). The van der Waals surface area contributed by atoms with Crippen LogP contribution in [0, 0.1) is 10.1 Å². The highest BCUT2D eigenvalue weighted by atomic mass is 19.4. The number of hydrogen-bond acceptors (Lipinski definition) is 4. The summed E-state index contributed by atoms with van der Waals surface area (Å²) in [5.41, 5.74) is -1.74. The fourth-order valence-corrected chi connectivity index (χ4v) is 1.90. The van der Waals surface area contributed by atoms with E-state index in [1.807, 2.05) is 6.92 Å². The van der Waals surface area contributed by atoms with Gasteiger partial charge in [-0.2, -0.15) is 13.2 Å². The van der Waals surface area contributed by atoms with Crippen molar-refractivity contribution in [1.29, 1.82) is 0 Å². The Morgan fingerprint density at radius 1 is 1.43 bits per heavy atom. The molecule has 0 radical (unpaired) electrons. The molecule has 1 aromatic heterocycles. The maximum absolute atomic E-state index is 12.6. The first-order valence-corrected chi connectivity index (χ1v) is 6.73. The van der Waals surface area contributed by atoms with E-state index in [1.54, 1.807) is 6.92 Å². The second-order valence-corrected chi connectivity index (χ2v) is 4.88. The van der Waals surface area contributed by atoms with Gasteiger partial charge in [0.1, 0.15) is 17.6 Å². The van der Waals surface area contributed by atoms with Gasteiger partial charge < -0.3 is 5.32 Å². The zero-order valence-electron chi connectivity index (χ0n) is 11.9. The SMILES string of the molecule is CCCCCC(C)Nc1cc(C(F)(F)F)ncc1[N+](=O)[O-]. The van der Waals surface area contributed by atoms with Crippen LogP contribution < -0.4 is 5.32 Å². The number of nitrogens with one attached hydrogen (secondary N) is 1. The number of rotatable bonds is 7. The molecular formula is C13H18F3N3O2. The smallest absolute Gasteiger partial charge is 0.377 e. The van der Waals surface area contributed by atoms with E-state index in [4.69, 9.17) is 0 Å². The fourth-order valence-electron chi connectivity index (χ4n) is 1.90. The largest absolute Gasteiger partial charge is 0.433 e. The van der Waals surface area contributed by atoms with Gasteiger partial charge >= 0.3 is 11.9 Å². The molecule has 0 aromatic carbocycles. The zero-order valence-corrected chi connectivity index (χ0v) is 11.9. The highest BCUT2D eigenvalue weighted by Gasteiger charge is 2.34. The van der Waals surface area contributed by atoms with Crippen LogP contribution >= 0.6 is 0 Å². The van der Waals surface area contributed by atoms with Crippen LogP contribution in [0.1, 0.15) is 45.2 Å². The third-order valence-electron chi connectivity index (χ3n) is 3.01. The maximum Gasteiger partial charge on any atom is 0.433 e. The van der Waals surface area contributed by atoms with Gasteiger partial charge in [0.15, 0.2) is 0 Å². The summed E-state index contributed by atoms with van der Waals surface area (Å²) in [7, 11) is 0. The molecule has 8 heteroatoms. The van der Waals surface area contributed by atoms with Crippen molar-refractivity contribution >= 4 is 11.4 Å². The predicted molar refractivity (Wildman–Crippen MR) is 73.1 cm³/mol. The summed E-state index contributed by atoms with van der Waals surface area (Å²) >= 11 is 0. The van der Waals surface area contributed by atoms with Crippen molar-refractivity contribution in [3.8, 4) is 0 Å². The van der Waals surface area contributed by atoms with Gasteiger partial charge in [-0.25, -0.2) is 4.98 Å². The van der Waals surface area contributed by atoms with Gasteiger partial charge in [-0.15, -0.1) is 0 Å². The average molecular weight is 305 g/mol. The number of unbranched alkanes of at least 4 members (excludes halogenated alkanes) is 2. The van der Waals surface area contributed by atoms with Crippen LogP contribution in [0.3, 0.4) is 0 Å². The highest BCUT2D eigenvalue weighted by molar-refractivity contribution is 5.61. The van der Waals surface area contributed by atoms with E-state index in [0.717, 1.165) is 25.7 Å². The summed E-state index contributed by atoms with van der Waals surface area (Å²) in [6.45, 7) is 3.83. The van der Waals surface area contributed by atoms with E-state index in [-0.39, 0.29) is 11.7 Å². The first-order valence-electron chi connectivity index (χ1n) is 6.73. The zero-order chi connectivity index (χ0) is 16.0. The van der Waals surface area contributed by atoms with E-state index >= 15 is 0 Å². The van der Waals surface area contributed by atoms with E-state index in [1.165, 1.54) is 0 Å². The Balaban J connectivity index is 2.93. The van der Waals surface area contributed by atoms with Crippen molar-refractivity contribution in [3.63, 3.8) is 0 Å². The van der Waals surface area contributed by atoms with Crippen LogP contribution in [0.5, 0.6) is 0 Å². The first kappa shape index (κ1) is 17.2. The van der Waals surface area contributed by atoms with Gasteiger partial charge in [0, 0.05) is 6.04 Å². The quantitative estimate of drug-likeness (QED) is 0.461. The van der Waals surface area contributed by atoms with Crippen LogP contribution in [0.2, 0.25) is 0 Å². The number of hydrogen-bond donors (Lipinski definition) is 1. The van der Waals surface area contributed by atoms with Crippen molar-refractivity contribution in [2.45, 2.75) is 51.7 Å². The molecule has 118 valence electrons. The summed E-state index contributed by atoms with van der Waals surface area (Å²) in [5.74, 6) is 0. The maximum atomic E-state index is 12.6. The average Bonchev–Trinajstić information content (AvgIpc) is 2.37. The van der Waals surface area contributed by atoms with Crippen molar-refractivity contribution in [2.75, 3.05) is 5.32 Å². The molecule has 1 aromatic rings. The number of alkyl halides is 3. The molecule has 0 aliphatic heterocycles. The predicted octanol–water partition coefficient (Wildman–Crippen LogP) is 4.39. The van der Waals surface area contributed by atoms with Gasteiger partial charge in [-0.1, -0.05) is 26.2 Å². The molecule has 0 amide bonds. The summed E-state index contributed by atoms with van der Waals surface area (Å²) in [5, 5.41) is 13.7. The Hall–Kier alpha value is -1.86. The van der Waals surface area contributed by atoms with Crippen molar-refractivity contribution in [3.05, 3.63) is 28.1 Å². The van der Waals surface area contributed by atoms with Crippen LogP contribution in [0.15, 0.2) is 12.3 Å². The van der Waals surface area contributed by atoms with Crippen LogP contribution in [0.4, 0.5) is 24.5 Å². The topological polar surface area (TPSA) is 68.1 Å². The third-order valence-corrected chi connectivity index (χ3v) is 3.01. The number of nitrogens with zero attached hydrogens (tertiary/aromatic N) is 2. The Labute approximate surface area is 120 Å². The molecule has 0 aliphatic carbocycles. The molecule has 0 aliphatic rings. The number of pyridine rings is 1. The van der Waals surface area contributed by atoms with Gasteiger partial charge in [0.2, 0.25) is 0 Å². The lowest BCUT2D eigenvalue weighted by molar-refractivity contribution is -0.384. The minimum Gasteiger partial charge on any atom is -0.377 e. The van der Waals surface area contributed by atoms with Crippen LogP contribution in [-0.4, -0.2) is 15.9 Å². The van der Waals surface area contributed by atoms with Gasteiger partial charge in [-0.05, 0) is 19.4 Å². The van der Waals surface area contributed by atoms with Crippen molar-refractivity contribution in [2.24, 2.45) is 0 Å². The molecule has 1 heterocycles. The first-order chi connectivity index (χ1) is 9.75. The summed E-state index contributed by atoms with van der Waals surface area (Å²) in [4.78, 5) is 13.2. The normalized spacial score (nSPS) is 13.0. The molecule has 5 nitrogen and oxygen atoms in total. The lowest BCUT2D eigenvalue weighted by atomic mass is 10.1. The minimum absolute atomic E-state index is 0.147. The summed E-state index contributed by atoms with van der Waals surface area (Å²) in [6, 6.07) is 0.535. The van der Waals surface area contributed by atoms with Crippen LogP contribution in [-0.2, 0) is 6.18 Å². The Bertz CT molecular complexity index is 492. The molecule has 21 heavy (non-hydrogen) atoms. The van der Waals surface area contributed by atoms with Gasteiger partial charge in [0.05, 0.1) is 4.92 Å². The van der Waals surface area contributed by atoms with E-state index in [9.17, 15) is 23.3 Å². The molecule has 1 N–H and O–H groups in total. The molecule has 1 rings (SSSR count). The van der Waals surface area contributed by atoms with Gasteiger partial charge in [0.25, 0.3) is 0 Å². The van der Waals surface area contributed by atoms with Crippen molar-refractivity contribution < 1.29 is 18.1 Å². The second kappa shape index (κ2) is 7.24. The highest BCUT2D eigenvalue weighted by Crippen LogP contribution is 2.33. The molecular weight excluding hydrogens is 287 g/mol. The fraction of sp³-hybridized carbons (Fsp3) is 0.615. The molecule has 0 bridgehead atoms. The third kappa shape index (κ3) is 5.20. The van der Waals surface area contributed by atoms with Crippen molar-refractivity contribution in [1.82, 2.24) is 4.98 Å². The summed E-state index contributed by atoms with van der Waals surface area (Å²) < 4.78 is 37.9. The monoisotopic (exact) mass is 305 g/mol. The number of anilines is 1. The second-order valence-electron chi connectivity index (χ2n) is 4.88. The Kier molecular flexibility index (Phi) is 5.92. The molecule has 1 atom stereocenters. The molecule has 0 fully saturated rings. The minimum atomic E-state index is -4.63. The van der Waals surface area contributed by atoms with E-state index in [2.05, 4.69) is 10.3 Å². The number of aromatic nitrogens is 1. The Morgan fingerprint density at radius 3 is 2.62 bits per heavy atom. The summed E-state index contributed by atoms with van der Waals surface area (Å²) in [6.07, 6.45) is -0.302. The number of nitro groups is 1. The van der Waals surface area contributed by atoms with E-state index < -0.39 is 22.5 Å². The van der Waals surface area contributed by atoms with Gasteiger partial charge in [-0.3, -0.25) is 10.1 Å². The Morgan fingerprint density at radius 2 is 2.10 bits per heavy atom.